The number of hydrogen-bond donors (Lipinski definition) is 1. The second kappa shape index (κ2) is 9.67. The zero-order valence-corrected chi connectivity index (χ0v) is 19.1. The maximum atomic E-state index is 13.2. The lowest BCUT2D eigenvalue weighted by molar-refractivity contribution is -0.130. The molecule has 2 amide bonds. The zero-order chi connectivity index (χ0) is 22.6. The summed E-state index contributed by atoms with van der Waals surface area (Å²) >= 11 is 1.68. The van der Waals surface area contributed by atoms with Crippen molar-refractivity contribution < 1.29 is 14.3 Å². The first kappa shape index (κ1) is 22.2. The molecule has 1 aliphatic rings. The first-order valence-corrected chi connectivity index (χ1v) is 11.7. The molecule has 0 spiro atoms. The van der Waals surface area contributed by atoms with Gasteiger partial charge in [-0.15, -0.1) is 11.3 Å². The molecule has 0 saturated carbocycles. The van der Waals surface area contributed by atoms with Crippen LogP contribution in [0.15, 0.2) is 66.0 Å². The number of carbonyl (C=O) groups excluding carboxylic acids is 2. The zero-order valence-electron chi connectivity index (χ0n) is 18.3. The van der Waals surface area contributed by atoms with E-state index in [-0.39, 0.29) is 11.8 Å². The van der Waals surface area contributed by atoms with Gasteiger partial charge in [-0.3, -0.25) is 9.59 Å². The van der Waals surface area contributed by atoms with Crippen LogP contribution in [0, 0.1) is 5.41 Å². The molecular weight excluding hydrogens is 420 g/mol. The lowest BCUT2D eigenvalue weighted by Crippen LogP contribution is -2.53. The topological polar surface area (TPSA) is 72.6 Å². The Labute approximate surface area is 192 Å². The normalized spacial score (nSPS) is 18.5. The fourth-order valence-electron chi connectivity index (χ4n) is 4.54. The number of primary amides is 1. The molecule has 32 heavy (non-hydrogen) atoms. The Morgan fingerprint density at radius 3 is 2.56 bits per heavy atom. The molecule has 1 aromatic heterocycles. The number of likely N-dealkylation sites (tertiary alicyclic amines) is 1. The largest absolute Gasteiger partial charge is 0.380 e. The highest BCUT2D eigenvalue weighted by Crippen LogP contribution is 2.38. The minimum absolute atomic E-state index is 0.0640. The van der Waals surface area contributed by atoms with Crippen molar-refractivity contribution in [2.75, 3.05) is 20.2 Å². The Balaban J connectivity index is 1.58. The van der Waals surface area contributed by atoms with E-state index in [1.54, 1.807) is 23.3 Å². The third-order valence-electron chi connectivity index (χ3n) is 6.23. The Hall–Kier alpha value is -2.96. The van der Waals surface area contributed by atoms with Crippen molar-refractivity contribution in [1.82, 2.24) is 4.90 Å². The van der Waals surface area contributed by atoms with Gasteiger partial charge in [0.15, 0.2) is 0 Å². The van der Waals surface area contributed by atoms with Crippen LogP contribution in [0.5, 0.6) is 0 Å². The Morgan fingerprint density at radius 1 is 1.09 bits per heavy atom. The van der Waals surface area contributed by atoms with Gasteiger partial charge < -0.3 is 15.4 Å². The number of ether oxygens (including phenoxy) is 1. The predicted molar refractivity (Wildman–Crippen MR) is 127 cm³/mol. The first-order chi connectivity index (χ1) is 15.5. The number of benzene rings is 2. The van der Waals surface area contributed by atoms with Gasteiger partial charge in [-0.1, -0.05) is 42.5 Å². The highest BCUT2D eigenvalue weighted by molar-refractivity contribution is 7.13. The van der Waals surface area contributed by atoms with Gasteiger partial charge in [0.05, 0.1) is 12.0 Å². The van der Waals surface area contributed by atoms with Crippen molar-refractivity contribution >= 4 is 23.2 Å². The van der Waals surface area contributed by atoms with Crippen LogP contribution < -0.4 is 5.73 Å². The van der Waals surface area contributed by atoms with E-state index >= 15 is 0 Å². The van der Waals surface area contributed by atoms with Crippen LogP contribution in [0.1, 0.15) is 34.3 Å². The average Bonchev–Trinajstić information content (AvgIpc) is 3.34. The second-order valence-electron chi connectivity index (χ2n) is 8.42. The molecule has 4 rings (SSSR count). The summed E-state index contributed by atoms with van der Waals surface area (Å²) in [7, 11) is 1.65. The van der Waals surface area contributed by atoms with E-state index in [9.17, 15) is 9.59 Å². The number of rotatable bonds is 7. The molecule has 0 unspecified atom stereocenters. The molecule has 0 aliphatic carbocycles. The van der Waals surface area contributed by atoms with Crippen LogP contribution in [0.3, 0.4) is 0 Å². The van der Waals surface area contributed by atoms with Gasteiger partial charge in [0.25, 0.3) is 5.91 Å². The maximum Gasteiger partial charge on any atom is 0.253 e. The van der Waals surface area contributed by atoms with Crippen molar-refractivity contribution in [2.24, 2.45) is 11.1 Å². The van der Waals surface area contributed by atoms with Gasteiger partial charge in [0.1, 0.15) is 0 Å². The molecule has 1 saturated heterocycles. The molecule has 0 radical (unpaired) electrons. The molecular formula is C26H28N2O3S. The lowest BCUT2D eigenvalue weighted by Gasteiger charge is -2.41. The number of methoxy groups -OCH3 is 1. The van der Waals surface area contributed by atoms with Gasteiger partial charge in [-0.05, 0) is 59.5 Å². The highest BCUT2D eigenvalue weighted by atomic mass is 32.1. The summed E-state index contributed by atoms with van der Waals surface area (Å²) in [5.41, 5.74) is 9.05. The number of piperidine rings is 1. The van der Waals surface area contributed by atoms with Gasteiger partial charge in [0, 0.05) is 30.6 Å². The van der Waals surface area contributed by atoms with E-state index in [4.69, 9.17) is 10.5 Å². The van der Waals surface area contributed by atoms with E-state index in [1.807, 2.05) is 42.5 Å². The molecule has 2 aromatic carbocycles. The Bertz CT molecular complexity index is 1080. The fraction of sp³-hybridized carbons (Fsp3) is 0.308. The van der Waals surface area contributed by atoms with Crippen LogP contribution in [0.25, 0.3) is 10.4 Å². The quantitative estimate of drug-likeness (QED) is 0.578. The van der Waals surface area contributed by atoms with E-state index in [0.29, 0.717) is 38.1 Å². The first-order valence-electron chi connectivity index (χ1n) is 10.8. The van der Waals surface area contributed by atoms with Gasteiger partial charge in [-0.25, -0.2) is 0 Å². The molecule has 166 valence electrons. The van der Waals surface area contributed by atoms with Crippen molar-refractivity contribution in [3.8, 4) is 10.4 Å². The SMILES string of the molecule is COCc1ccc(C(=O)N2CCC[C@](Cc3ccccc3-c3cccs3)(C(N)=O)C2)cc1. The van der Waals surface area contributed by atoms with Gasteiger partial charge >= 0.3 is 0 Å². The van der Waals surface area contributed by atoms with Crippen LogP contribution in [-0.4, -0.2) is 36.9 Å². The predicted octanol–water partition coefficient (Wildman–Crippen LogP) is 4.51. The molecule has 0 bridgehead atoms. The number of carbonyl (C=O) groups is 2. The summed E-state index contributed by atoms with van der Waals surface area (Å²) in [4.78, 5) is 29.0. The number of thiophene rings is 1. The summed E-state index contributed by atoms with van der Waals surface area (Å²) in [5, 5.41) is 2.05. The van der Waals surface area contributed by atoms with Gasteiger partial charge in [-0.2, -0.15) is 0 Å². The van der Waals surface area contributed by atoms with Gasteiger partial charge in [0.2, 0.25) is 5.91 Å². The van der Waals surface area contributed by atoms with Crippen LogP contribution in [-0.2, 0) is 22.6 Å². The van der Waals surface area contributed by atoms with E-state index in [2.05, 4.69) is 23.6 Å². The summed E-state index contributed by atoms with van der Waals surface area (Å²) < 4.78 is 5.15. The smallest absolute Gasteiger partial charge is 0.253 e. The monoisotopic (exact) mass is 448 g/mol. The van der Waals surface area contributed by atoms with Crippen LogP contribution in [0.2, 0.25) is 0 Å². The summed E-state index contributed by atoms with van der Waals surface area (Å²) in [6.07, 6.45) is 1.95. The molecule has 2 N–H and O–H groups in total. The maximum absolute atomic E-state index is 13.2. The summed E-state index contributed by atoms with van der Waals surface area (Å²) in [5.74, 6) is -0.405. The number of amides is 2. The average molecular weight is 449 g/mol. The van der Waals surface area contributed by atoms with Crippen molar-refractivity contribution in [3.05, 3.63) is 82.7 Å². The Morgan fingerprint density at radius 2 is 1.88 bits per heavy atom. The van der Waals surface area contributed by atoms with E-state index < -0.39 is 5.41 Å². The number of hydrogen-bond acceptors (Lipinski definition) is 4. The fourth-order valence-corrected chi connectivity index (χ4v) is 5.33. The number of nitrogens with two attached hydrogens (primary N) is 1. The molecule has 6 heteroatoms. The van der Waals surface area contributed by atoms with Crippen molar-refractivity contribution in [3.63, 3.8) is 0 Å². The van der Waals surface area contributed by atoms with E-state index in [1.165, 1.54) is 4.88 Å². The van der Waals surface area contributed by atoms with Crippen molar-refractivity contribution in [1.29, 1.82) is 0 Å². The summed E-state index contributed by atoms with van der Waals surface area (Å²) in [6, 6.07) is 19.7. The summed E-state index contributed by atoms with van der Waals surface area (Å²) in [6.45, 7) is 1.46. The van der Waals surface area contributed by atoms with Crippen LogP contribution in [0.4, 0.5) is 0 Å². The lowest BCUT2D eigenvalue weighted by atomic mass is 9.73. The molecule has 3 aromatic rings. The molecule has 5 nitrogen and oxygen atoms in total. The molecule has 1 atom stereocenters. The number of nitrogens with zero attached hydrogens (tertiary/aromatic N) is 1. The molecule has 1 aliphatic heterocycles. The minimum Gasteiger partial charge on any atom is -0.380 e. The highest BCUT2D eigenvalue weighted by Gasteiger charge is 2.42. The second-order valence-corrected chi connectivity index (χ2v) is 9.36. The van der Waals surface area contributed by atoms with Crippen molar-refractivity contribution in [2.45, 2.75) is 25.9 Å². The Kier molecular flexibility index (Phi) is 6.72. The minimum atomic E-state index is -0.780. The molecule has 1 fully saturated rings. The third-order valence-corrected chi connectivity index (χ3v) is 7.13. The standard InChI is InChI=1S/C26H28N2O3S/c1-31-17-19-9-11-20(12-10-19)24(29)28-14-5-13-26(18-28,25(27)30)16-21-6-2-3-7-22(21)23-8-4-15-32-23/h2-4,6-12,15H,5,13-14,16-18H2,1H3,(H2,27,30)/t26-/m1/s1. The molecule has 2 heterocycles. The van der Waals surface area contributed by atoms with E-state index in [0.717, 1.165) is 23.1 Å². The van der Waals surface area contributed by atoms with Crippen LogP contribution >= 0.6 is 11.3 Å². The third kappa shape index (κ3) is 4.61.